The third-order valence-electron chi connectivity index (χ3n) is 2.17. The molecular weight excluding hydrogens is 300 g/mol. The minimum absolute atomic E-state index is 0.520. The lowest BCUT2D eigenvalue weighted by molar-refractivity contribution is 0.942. The second-order valence-corrected chi connectivity index (χ2v) is 5.31. The van der Waals surface area contributed by atoms with E-state index in [1.807, 2.05) is 26.0 Å². The van der Waals surface area contributed by atoms with Gasteiger partial charge in [-0.3, -0.25) is 0 Å². The topological polar surface area (TPSA) is 64.7 Å². The van der Waals surface area contributed by atoms with E-state index < -0.39 is 0 Å². The standard InChI is InChI=1S/C11H11BrN4S/c1-6-9(13)15-7(2)16-10(6)17-11-8(12)4-3-5-14-11/h3-5H,1-2H3,(H2,13,15,16). The van der Waals surface area contributed by atoms with Crippen molar-refractivity contribution >= 4 is 33.5 Å². The van der Waals surface area contributed by atoms with E-state index >= 15 is 0 Å². The summed E-state index contributed by atoms with van der Waals surface area (Å²) in [6.07, 6.45) is 1.75. The largest absolute Gasteiger partial charge is 0.383 e. The number of aromatic nitrogens is 3. The minimum Gasteiger partial charge on any atom is -0.383 e. The molecule has 2 N–H and O–H groups in total. The number of hydrogen-bond donors (Lipinski definition) is 1. The molecule has 0 unspecified atom stereocenters. The molecule has 6 heteroatoms. The van der Waals surface area contributed by atoms with Crippen molar-refractivity contribution < 1.29 is 0 Å². The lowest BCUT2D eigenvalue weighted by atomic mass is 10.3. The van der Waals surface area contributed by atoms with E-state index in [1.54, 1.807) is 6.20 Å². The number of anilines is 1. The fourth-order valence-corrected chi connectivity index (χ4v) is 2.66. The molecule has 0 aromatic carbocycles. The van der Waals surface area contributed by atoms with Gasteiger partial charge >= 0.3 is 0 Å². The summed E-state index contributed by atoms with van der Waals surface area (Å²) < 4.78 is 0.944. The Labute approximate surface area is 112 Å². The van der Waals surface area contributed by atoms with E-state index in [9.17, 15) is 0 Å². The quantitative estimate of drug-likeness (QED) is 0.864. The molecule has 0 aliphatic heterocycles. The number of nitrogens with two attached hydrogens (primary N) is 1. The highest BCUT2D eigenvalue weighted by Crippen LogP contribution is 2.33. The predicted molar refractivity (Wildman–Crippen MR) is 72.0 cm³/mol. The van der Waals surface area contributed by atoms with Gasteiger partial charge < -0.3 is 5.73 Å². The van der Waals surface area contributed by atoms with E-state index in [-0.39, 0.29) is 0 Å². The SMILES string of the molecule is Cc1nc(N)c(C)c(Sc2ncccc2Br)n1. The first-order chi connectivity index (χ1) is 8.08. The van der Waals surface area contributed by atoms with Crippen LogP contribution in [-0.2, 0) is 0 Å². The summed E-state index contributed by atoms with van der Waals surface area (Å²) in [5, 5.41) is 1.71. The van der Waals surface area contributed by atoms with E-state index in [0.717, 1.165) is 20.1 Å². The zero-order chi connectivity index (χ0) is 12.4. The Bertz CT molecular complexity index is 559. The van der Waals surface area contributed by atoms with Crippen LogP contribution < -0.4 is 5.73 Å². The molecule has 0 aliphatic carbocycles. The number of rotatable bonds is 2. The smallest absolute Gasteiger partial charge is 0.131 e. The highest BCUT2D eigenvalue weighted by atomic mass is 79.9. The number of nitrogens with zero attached hydrogens (tertiary/aromatic N) is 3. The van der Waals surface area contributed by atoms with Gasteiger partial charge in [0.2, 0.25) is 0 Å². The molecule has 0 spiro atoms. The van der Waals surface area contributed by atoms with Crippen LogP contribution in [0, 0.1) is 13.8 Å². The molecule has 0 bridgehead atoms. The molecule has 0 amide bonds. The van der Waals surface area contributed by atoms with Crippen molar-refractivity contribution in [3.8, 4) is 0 Å². The van der Waals surface area contributed by atoms with Gasteiger partial charge in [-0.2, -0.15) is 0 Å². The molecule has 0 radical (unpaired) electrons. The highest BCUT2D eigenvalue weighted by Gasteiger charge is 2.10. The Morgan fingerprint density at radius 3 is 2.71 bits per heavy atom. The van der Waals surface area contributed by atoms with E-state index in [4.69, 9.17) is 5.73 Å². The Morgan fingerprint density at radius 1 is 1.24 bits per heavy atom. The lowest BCUT2D eigenvalue weighted by Crippen LogP contribution is -2.01. The Hall–Kier alpha value is -1.14. The van der Waals surface area contributed by atoms with Crippen molar-refractivity contribution in [3.05, 3.63) is 34.2 Å². The van der Waals surface area contributed by atoms with Gasteiger partial charge in [0.1, 0.15) is 21.7 Å². The predicted octanol–water partition coefficient (Wildman–Crippen LogP) is 2.98. The zero-order valence-electron chi connectivity index (χ0n) is 9.44. The summed E-state index contributed by atoms with van der Waals surface area (Å²) in [4.78, 5) is 12.8. The van der Waals surface area contributed by atoms with Crippen molar-refractivity contribution in [2.24, 2.45) is 0 Å². The zero-order valence-corrected chi connectivity index (χ0v) is 11.8. The van der Waals surface area contributed by atoms with Crippen molar-refractivity contribution in [1.82, 2.24) is 15.0 Å². The molecule has 17 heavy (non-hydrogen) atoms. The van der Waals surface area contributed by atoms with Crippen LogP contribution in [0.2, 0.25) is 0 Å². The van der Waals surface area contributed by atoms with Crippen molar-refractivity contribution in [2.45, 2.75) is 23.9 Å². The molecule has 0 saturated heterocycles. The van der Waals surface area contributed by atoms with E-state index in [2.05, 4.69) is 30.9 Å². The maximum absolute atomic E-state index is 5.82. The Kier molecular flexibility index (Phi) is 3.63. The number of halogens is 1. The van der Waals surface area contributed by atoms with Crippen LogP contribution in [0.1, 0.15) is 11.4 Å². The highest BCUT2D eigenvalue weighted by molar-refractivity contribution is 9.10. The van der Waals surface area contributed by atoms with Crippen LogP contribution in [0.15, 0.2) is 32.9 Å². The Morgan fingerprint density at radius 2 is 2.00 bits per heavy atom. The fraction of sp³-hybridized carbons (Fsp3) is 0.182. The molecular formula is C11H11BrN4S. The Balaban J connectivity index is 2.40. The van der Waals surface area contributed by atoms with Gasteiger partial charge in [0.25, 0.3) is 0 Å². The summed E-state index contributed by atoms with van der Waals surface area (Å²) in [6.45, 7) is 3.74. The van der Waals surface area contributed by atoms with Gasteiger partial charge in [-0.25, -0.2) is 15.0 Å². The van der Waals surface area contributed by atoms with Crippen LogP contribution in [0.5, 0.6) is 0 Å². The van der Waals surface area contributed by atoms with Crippen molar-refractivity contribution in [1.29, 1.82) is 0 Å². The summed E-state index contributed by atoms with van der Waals surface area (Å²) in [5.41, 5.74) is 6.70. The third-order valence-corrected chi connectivity index (χ3v) is 4.18. The van der Waals surface area contributed by atoms with Crippen LogP contribution in [-0.4, -0.2) is 15.0 Å². The molecule has 2 aromatic rings. The second-order valence-electron chi connectivity index (χ2n) is 3.48. The normalized spacial score (nSPS) is 10.5. The van der Waals surface area contributed by atoms with Crippen LogP contribution in [0.25, 0.3) is 0 Å². The summed E-state index contributed by atoms with van der Waals surface area (Å²) in [5.74, 6) is 1.19. The first-order valence-electron chi connectivity index (χ1n) is 4.97. The van der Waals surface area contributed by atoms with E-state index in [1.165, 1.54) is 11.8 Å². The number of aryl methyl sites for hydroxylation is 1. The second kappa shape index (κ2) is 5.01. The molecule has 4 nitrogen and oxygen atoms in total. The molecule has 2 heterocycles. The summed E-state index contributed by atoms with van der Waals surface area (Å²) in [6, 6.07) is 3.82. The van der Waals surface area contributed by atoms with E-state index in [0.29, 0.717) is 11.6 Å². The first kappa shape index (κ1) is 12.3. The monoisotopic (exact) mass is 310 g/mol. The molecule has 0 fully saturated rings. The van der Waals surface area contributed by atoms with Crippen LogP contribution in [0.4, 0.5) is 5.82 Å². The van der Waals surface area contributed by atoms with Gasteiger partial charge in [-0.15, -0.1) is 0 Å². The first-order valence-corrected chi connectivity index (χ1v) is 6.58. The number of pyridine rings is 1. The lowest BCUT2D eigenvalue weighted by Gasteiger charge is -2.08. The molecule has 2 rings (SSSR count). The maximum atomic E-state index is 5.82. The third kappa shape index (κ3) is 2.76. The average Bonchev–Trinajstić information content (AvgIpc) is 2.28. The van der Waals surface area contributed by atoms with Gasteiger partial charge in [0, 0.05) is 11.8 Å². The van der Waals surface area contributed by atoms with Crippen molar-refractivity contribution in [2.75, 3.05) is 5.73 Å². The van der Waals surface area contributed by atoms with Crippen molar-refractivity contribution in [3.63, 3.8) is 0 Å². The van der Waals surface area contributed by atoms with Gasteiger partial charge in [0.15, 0.2) is 0 Å². The van der Waals surface area contributed by atoms with Gasteiger partial charge in [0.05, 0.1) is 4.47 Å². The molecule has 88 valence electrons. The number of nitrogen functional groups attached to an aromatic ring is 1. The molecule has 0 saturated carbocycles. The molecule has 0 atom stereocenters. The van der Waals surface area contributed by atoms with Gasteiger partial charge in [-0.1, -0.05) is 0 Å². The molecule has 2 aromatic heterocycles. The summed E-state index contributed by atoms with van der Waals surface area (Å²) in [7, 11) is 0. The average molecular weight is 311 g/mol. The molecule has 0 aliphatic rings. The van der Waals surface area contributed by atoms with Crippen LogP contribution in [0.3, 0.4) is 0 Å². The van der Waals surface area contributed by atoms with Crippen LogP contribution >= 0.6 is 27.7 Å². The summed E-state index contributed by atoms with van der Waals surface area (Å²) >= 11 is 4.94. The fourth-order valence-electron chi connectivity index (χ4n) is 1.26. The van der Waals surface area contributed by atoms with Gasteiger partial charge in [-0.05, 0) is 53.7 Å². The minimum atomic E-state index is 0.520. The maximum Gasteiger partial charge on any atom is 0.131 e. The number of hydrogen-bond acceptors (Lipinski definition) is 5.